The van der Waals surface area contributed by atoms with Gasteiger partial charge in [0.15, 0.2) is 11.5 Å². The molecular formula is C13H13N5. The van der Waals surface area contributed by atoms with Crippen LogP contribution in [0.3, 0.4) is 0 Å². The highest BCUT2D eigenvalue weighted by Crippen LogP contribution is 2.16. The van der Waals surface area contributed by atoms with E-state index in [1.165, 1.54) is 17.5 Å². The predicted octanol–water partition coefficient (Wildman–Crippen LogP) is 2.27. The summed E-state index contributed by atoms with van der Waals surface area (Å²) in [6.45, 7) is 2.83. The highest BCUT2D eigenvalue weighted by molar-refractivity contribution is 5.81. The van der Waals surface area contributed by atoms with Gasteiger partial charge in [-0.3, -0.25) is 0 Å². The molecule has 0 saturated carbocycles. The third-order valence-corrected chi connectivity index (χ3v) is 2.93. The number of aryl methyl sites for hydroxylation is 1. The lowest BCUT2D eigenvalue weighted by molar-refractivity contribution is 1.08. The van der Waals surface area contributed by atoms with Crippen molar-refractivity contribution in [1.29, 1.82) is 0 Å². The average molecular weight is 239 g/mol. The van der Waals surface area contributed by atoms with Crippen LogP contribution in [-0.2, 0) is 6.54 Å². The molecule has 0 aliphatic rings. The molecule has 5 heteroatoms. The molecule has 0 atom stereocenters. The molecule has 2 heterocycles. The molecular weight excluding hydrogens is 226 g/mol. The van der Waals surface area contributed by atoms with Crippen molar-refractivity contribution < 1.29 is 0 Å². The summed E-state index contributed by atoms with van der Waals surface area (Å²) >= 11 is 0. The summed E-state index contributed by atoms with van der Waals surface area (Å²) in [7, 11) is 0. The summed E-state index contributed by atoms with van der Waals surface area (Å²) in [6, 6.07) is 8.28. The Bertz CT molecular complexity index is 674. The number of aromatic amines is 1. The number of aromatic nitrogens is 4. The molecule has 0 bridgehead atoms. The molecule has 5 nitrogen and oxygen atoms in total. The van der Waals surface area contributed by atoms with Gasteiger partial charge in [0.2, 0.25) is 0 Å². The first kappa shape index (κ1) is 10.7. The molecule has 90 valence electrons. The maximum atomic E-state index is 4.23. The molecule has 0 amide bonds. The standard InChI is InChI=1S/C13H13N5/c1-9-4-2-3-5-10(9)6-14-12-11-13(16-7-15-11)18-8-17-12/h2-5,7-8H,6H2,1H3,(H2,14,15,16,17,18). The number of nitrogens with zero attached hydrogens (tertiary/aromatic N) is 3. The second-order valence-corrected chi connectivity index (χ2v) is 4.10. The fourth-order valence-electron chi connectivity index (χ4n) is 1.89. The SMILES string of the molecule is Cc1ccccc1CNc1ncnc2nc[nH]c12. The molecule has 2 aromatic heterocycles. The zero-order chi connectivity index (χ0) is 12.4. The van der Waals surface area contributed by atoms with E-state index in [1.807, 2.05) is 12.1 Å². The van der Waals surface area contributed by atoms with Gasteiger partial charge in [-0.1, -0.05) is 24.3 Å². The molecule has 3 aromatic rings. The molecule has 0 aliphatic heterocycles. The van der Waals surface area contributed by atoms with Crippen LogP contribution in [0.15, 0.2) is 36.9 Å². The van der Waals surface area contributed by atoms with Crippen molar-refractivity contribution in [3.8, 4) is 0 Å². The van der Waals surface area contributed by atoms with Crippen molar-refractivity contribution in [2.24, 2.45) is 0 Å². The highest BCUT2D eigenvalue weighted by Gasteiger charge is 2.05. The van der Waals surface area contributed by atoms with Crippen LogP contribution in [0.2, 0.25) is 0 Å². The van der Waals surface area contributed by atoms with E-state index in [0.717, 1.165) is 17.9 Å². The number of nitrogens with one attached hydrogen (secondary N) is 2. The van der Waals surface area contributed by atoms with Crippen molar-refractivity contribution in [3.05, 3.63) is 48.0 Å². The van der Waals surface area contributed by atoms with Crippen LogP contribution in [0.1, 0.15) is 11.1 Å². The fraction of sp³-hybridized carbons (Fsp3) is 0.154. The molecule has 2 N–H and O–H groups in total. The Morgan fingerprint density at radius 2 is 2.06 bits per heavy atom. The topological polar surface area (TPSA) is 66.5 Å². The summed E-state index contributed by atoms with van der Waals surface area (Å²) in [5.74, 6) is 0.778. The first-order valence-electron chi connectivity index (χ1n) is 5.77. The van der Waals surface area contributed by atoms with Gasteiger partial charge >= 0.3 is 0 Å². The second kappa shape index (κ2) is 4.44. The Morgan fingerprint density at radius 1 is 1.17 bits per heavy atom. The van der Waals surface area contributed by atoms with Gasteiger partial charge in [-0.2, -0.15) is 0 Å². The quantitative estimate of drug-likeness (QED) is 0.735. The lowest BCUT2D eigenvalue weighted by Crippen LogP contribution is -2.03. The van der Waals surface area contributed by atoms with Crippen LogP contribution < -0.4 is 5.32 Å². The van der Waals surface area contributed by atoms with E-state index in [9.17, 15) is 0 Å². The number of fused-ring (bicyclic) bond motifs is 1. The highest BCUT2D eigenvalue weighted by atomic mass is 15.1. The summed E-state index contributed by atoms with van der Waals surface area (Å²) < 4.78 is 0. The number of H-pyrrole nitrogens is 1. The van der Waals surface area contributed by atoms with Crippen molar-refractivity contribution >= 4 is 17.0 Å². The Morgan fingerprint density at radius 3 is 2.94 bits per heavy atom. The van der Waals surface area contributed by atoms with Crippen LogP contribution in [0.25, 0.3) is 11.2 Å². The Balaban J connectivity index is 1.85. The number of anilines is 1. The first-order chi connectivity index (χ1) is 8.84. The maximum absolute atomic E-state index is 4.23. The van der Waals surface area contributed by atoms with E-state index in [-0.39, 0.29) is 0 Å². The van der Waals surface area contributed by atoms with Crippen molar-refractivity contribution in [3.63, 3.8) is 0 Å². The van der Waals surface area contributed by atoms with Crippen molar-refractivity contribution in [2.75, 3.05) is 5.32 Å². The number of benzene rings is 1. The van der Waals surface area contributed by atoms with Crippen LogP contribution in [-0.4, -0.2) is 19.9 Å². The van der Waals surface area contributed by atoms with Crippen LogP contribution >= 0.6 is 0 Å². The zero-order valence-electron chi connectivity index (χ0n) is 10.0. The fourth-order valence-corrected chi connectivity index (χ4v) is 1.89. The number of hydrogen-bond acceptors (Lipinski definition) is 4. The van der Waals surface area contributed by atoms with Crippen LogP contribution in [0.5, 0.6) is 0 Å². The van der Waals surface area contributed by atoms with E-state index < -0.39 is 0 Å². The van der Waals surface area contributed by atoms with E-state index >= 15 is 0 Å². The van der Waals surface area contributed by atoms with Crippen molar-refractivity contribution in [1.82, 2.24) is 19.9 Å². The third kappa shape index (κ3) is 1.90. The van der Waals surface area contributed by atoms with Crippen LogP contribution in [0, 0.1) is 6.92 Å². The molecule has 0 saturated heterocycles. The smallest absolute Gasteiger partial charge is 0.182 e. The van der Waals surface area contributed by atoms with Gasteiger partial charge in [0.05, 0.1) is 6.33 Å². The van der Waals surface area contributed by atoms with Crippen molar-refractivity contribution in [2.45, 2.75) is 13.5 Å². The minimum Gasteiger partial charge on any atom is -0.364 e. The van der Waals surface area contributed by atoms with E-state index in [1.54, 1.807) is 6.33 Å². The lowest BCUT2D eigenvalue weighted by Gasteiger charge is -2.08. The molecule has 0 radical (unpaired) electrons. The average Bonchev–Trinajstić information content (AvgIpc) is 2.86. The summed E-state index contributed by atoms with van der Waals surface area (Å²) in [4.78, 5) is 15.5. The van der Waals surface area contributed by atoms with E-state index in [4.69, 9.17) is 0 Å². The zero-order valence-corrected chi connectivity index (χ0v) is 10.0. The van der Waals surface area contributed by atoms with Gasteiger partial charge in [-0.05, 0) is 18.1 Å². The number of imidazole rings is 1. The summed E-state index contributed by atoms with van der Waals surface area (Å²) in [5, 5.41) is 3.31. The van der Waals surface area contributed by atoms with Gasteiger partial charge < -0.3 is 10.3 Å². The van der Waals surface area contributed by atoms with E-state index in [2.05, 4.69) is 44.3 Å². The van der Waals surface area contributed by atoms with Gasteiger partial charge in [0, 0.05) is 6.54 Å². The molecule has 3 rings (SSSR count). The first-order valence-corrected chi connectivity index (χ1v) is 5.77. The number of rotatable bonds is 3. The lowest BCUT2D eigenvalue weighted by atomic mass is 10.1. The van der Waals surface area contributed by atoms with Gasteiger partial charge in [0.1, 0.15) is 11.8 Å². The minimum atomic E-state index is 0.678. The second-order valence-electron chi connectivity index (χ2n) is 4.10. The third-order valence-electron chi connectivity index (χ3n) is 2.93. The predicted molar refractivity (Wildman–Crippen MR) is 70.2 cm³/mol. The van der Waals surface area contributed by atoms with Gasteiger partial charge in [0.25, 0.3) is 0 Å². The van der Waals surface area contributed by atoms with Crippen LogP contribution in [0.4, 0.5) is 5.82 Å². The molecule has 0 spiro atoms. The Kier molecular flexibility index (Phi) is 2.64. The van der Waals surface area contributed by atoms with Gasteiger partial charge in [-0.25, -0.2) is 15.0 Å². The molecule has 1 aromatic carbocycles. The molecule has 0 unspecified atom stereocenters. The summed E-state index contributed by atoms with van der Waals surface area (Å²) in [5.41, 5.74) is 4.03. The Hall–Kier alpha value is -2.43. The largest absolute Gasteiger partial charge is 0.364 e. The summed E-state index contributed by atoms with van der Waals surface area (Å²) in [6.07, 6.45) is 3.14. The molecule has 18 heavy (non-hydrogen) atoms. The number of hydrogen-bond donors (Lipinski definition) is 2. The minimum absolute atomic E-state index is 0.678. The molecule has 0 fully saturated rings. The molecule has 0 aliphatic carbocycles. The maximum Gasteiger partial charge on any atom is 0.182 e. The van der Waals surface area contributed by atoms with Gasteiger partial charge in [-0.15, -0.1) is 0 Å². The Labute approximate surface area is 104 Å². The van der Waals surface area contributed by atoms with E-state index in [0.29, 0.717) is 5.65 Å². The normalized spacial score (nSPS) is 10.7. The monoisotopic (exact) mass is 239 g/mol.